The van der Waals surface area contributed by atoms with Gasteiger partial charge in [-0.05, 0) is 77.4 Å². The zero-order chi connectivity index (χ0) is 34.2. The minimum atomic E-state index is 0.859. The third-order valence-electron chi connectivity index (χ3n) is 10.3. The van der Waals surface area contributed by atoms with Gasteiger partial charge in [0.1, 0.15) is 16.7 Å². The van der Waals surface area contributed by atoms with Gasteiger partial charge in [-0.25, -0.2) is 0 Å². The molecule has 0 aliphatic carbocycles. The summed E-state index contributed by atoms with van der Waals surface area (Å²) in [5.41, 5.74) is 11.2. The van der Waals surface area contributed by atoms with Gasteiger partial charge in [0.15, 0.2) is 5.58 Å². The van der Waals surface area contributed by atoms with Crippen molar-refractivity contribution in [2.75, 3.05) is 4.90 Å². The molecule has 4 heteroatoms. The van der Waals surface area contributed by atoms with Crippen LogP contribution in [-0.2, 0) is 0 Å². The highest BCUT2D eigenvalue weighted by Gasteiger charge is 2.22. The van der Waals surface area contributed by atoms with E-state index in [0.29, 0.717) is 0 Å². The summed E-state index contributed by atoms with van der Waals surface area (Å²) in [5, 5.41) is 6.98. The Bertz CT molecular complexity index is 3130. The van der Waals surface area contributed by atoms with Crippen LogP contribution in [0, 0.1) is 0 Å². The molecule has 0 radical (unpaired) electrons. The Balaban J connectivity index is 1.10. The topological polar surface area (TPSA) is 29.5 Å². The van der Waals surface area contributed by atoms with Gasteiger partial charge in [0.25, 0.3) is 0 Å². The van der Waals surface area contributed by atoms with Crippen LogP contribution in [0.25, 0.3) is 86.3 Å². The van der Waals surface area contributed by atoms with E-state index >= 15 is 0 Å². The molecule has 3 aromatic heterocycles. The van der Waals surface area contributed by atoms with E-state index in [-0.39, 0.29) is 0 Å². The van der Waals surface area contributed by atoms with Crippen LogP contribution in [0.5, 0.6) is 0 Å². The van der Waals surface area contributed by atoms with E-state index in [0.717, 1.165) is 83.2 Å². The van der Waals surface area contributed by atoms with Gasteiger partial charge < -0.3 is 13.7 Å². The molecule has 0 amide bonds. The number of hydrogen-bond acceptors (Lipinski definition) is 4. The van der Waals surface area contributed by atoms with Gasteiger partial charge >= 0.3 is 0 Å². The predicted molar refractivity (Wildman–Crippen MR) is 219 cm³/mol. The minimum Gasteiger partial charge on any atom is -0.456 e. The SMILES string of the molecule is c1ccc(-c2cccc3c2oc2c(N(c4ccc(-c5ccc6oc7ccccc7c6c5)cc4)c4ccc5sc6ccccc6c5c4)cccc23)cc1. The first-order valence-electron chi connectivity index (χ1n) is 17.5. The summed E-state index contributed by atoms with van der Waals surface area (Å²) in [5.74, 6) is 0. The van der Waals surface area contributed by atoms with Gasteiger partial charge in [-0.15, -0.1) is 11.3 Å². The number of anilines is 3. The molecule has 0 saturated carbocycles. The van der Waals surface area contributed by atoms with E-state index in [1.54, 1.807) is 0 Å². The van der Waals surface area contributed by atoms with Gasteiger partial charge in [0.2, 0.25) is 0 Å². The molecular weight excluding hydrogens is 655 g/mol. The quantitative estimate of drug-likeness (QED) is 0.181. The van der Waals surface area contributed by atoms with E-state index in [9.17, 15) is 0 Å². The Morgan fingerprint density at radius 3 is 1.92 bits per heavy atom. The smallest absolute Gasteiger partial charge is 0.159 e. The molecule has 0 aliphatic heterocycles. The lowest BCUT2D eigenvalue weighted by atomic mass is 10.0. The number of nitrogens with zero attached hydrogens (tertiary/aromatic N) is 1. The van der Waals surface area contributed by atoms with Crippen LogP contribution in [0.3, 0.4) is 0 Å². The predicted octanol–water partition coefficient (Wildman–Crippen LogP) is 14.7. The second-order valence-corrected chi connectivity index (χ2v) is 14.4. The molecule has 0 bridgehead atoms. The van der Waals surface area contributed by atoms with E-state index in [2.05, 4.69) is 169 Å². The molecule has 0 fully saturated rings. The van der Waals surface area contributed by atoms with Crippen molar-refractivity contribution in [3.8, 4) is 22.3 Å². The van der Waals surface area contributed by atoms with Crippen LogP contribution >= 0.6 is 11.3 Å². The summed E-state index contributed by atoms with van der Waals surface area (Å²) in [6.07, 6.45) is 0. The lowest BCUT2D eigenvalue weighted by Crippen LogP contribution is -2.10. The first kappa shape index (κ1) is 29.1. The fourth-order valence-corrected chi connectivity index (χ4v) is 8.90. The van der Waals surface area contributed by atoms with E-state index < -0.39 is 0 Å². The Kier molecular flexibility index (Phi) is 6.42. The fourth-order valence-electron chi connectivity index (χ4n) is 7.82. The Labute approximate surface area is 303 Å². The van der Waals surface area contributed by atoms with Gasteiger partial charge in [0.05, 0.1) is 5.69 Å². The van der Waals surface area contributed by atoms with Gasteiger partial charge in [-0.3, -0.25) is 0 Å². The maximum absolute atomic E-state index is 6.95. The lowest BCUT2D eigenvalue weighted by molar-refractivity contribution is 0.669. The van der Waals surface area contributed by atoms with E-state index in [4.69, 9.17) is 8.83 Å². The summed E-state index contributed by atoms with van der Waals surface area (Å²) in [7, 11) is 0. The largest absolute Gasteiger partial charge is 0.456 e. The monoisotopic (exact) mass is 683 g/mol. The van der Waals surface area contributed by atoms with Crippen LogP contribution < -0.4 is 4.90 Å². The molecule has 0 spiro atoms. The molecule has 244 valence electrons. The second kappa shape index (κ2) is 11.5. The molecule has 3 nitrogen and oxygen atoms in total. The van der Waals surface area contributed by atoms with Crippen LogP contribution in [0.1, 0.15) is 0 Å². The molecule has 0 saturated heterocycles. The van der Waals surface area contributed by atoms with Crippen molar-refractivity contribution in [1.29, 1.82) is 0 Å². The number of rotatable bonds is 5. The highest BCUT2D eigenvalue weighted by molar-refractivity contribution is 7.25. The molecule has 8 aromatic carbocycles. The third-order valence-corrected chi connectivity index (χ3v) is 11.4. The van der Waals surface area contributed by atoms with Crippen molar-refractivity contribution in [2.45, 2.75) is 0 Å². The molecule has 0 atom stereocenters. The summed E-state index contributed by atoms with van der Waals surface area (Å²) >= 11 is 1.84. The number of furan rings is 2. The first-order chi connectivity index (χ1) is 25.8. The van der Waals surface area contributed by atoms with Crippen molar-refractivity contribution >= 4 is 92.4 Å². The number of fused-ring (bicyclic) bond motifs is 9. The Morgan fingerprint density at radius 1 is 0.365 bits per heavy atom. The lowest BCUT2D eigenvalue weighted by Gasteiger charge is -2.26. The van der Waals surface area contributed by atoms with Crippen LogP contribution in [0.2, 0.25) is 0 Å². The zero-order valence-electron chi connectivity index (χ0n) is 27.9. The summed E-state index contributed by atoms with van der Waals surface area (Å²) in [6.45, 7) is 0. The number of hydrogen-bond donors (Lipinski definition) is 0. The van der Waals surface area contributed by atoms with Gasteiger partial charge in [-0.1, -0.05) is 115 Å². The maximum Gasteiger partial charge on any atom is 0.159 e. The molecule has 3 heterocycles. The van der Waals surface area contributed by atoms with Crippen molar-refractivity contribution in [3.63, 3.8) is 0 Å². The molecule has 0 aliphatic rings. The van der Waals surface area contributed by atoms with Crippen molar-refractivity contribution in [3.05, 3.63) is 176 Å². The van der Waals surface area contributed by atoms with Crippen LogP contribution in [0.4, 0.5) is 17.1 Å². The van der Waals surface area contributed by atoms with Crippen molar-refractivity contribution in [1.82, 2.24) is 0 Å². The number of thiophene rings is 1. The zero-order valence-corrected chi connectivity index (χ0v) is 28.7. The fraction of sp³-hybridized carbons (Fsp3) is 0. The maximum atomic E-state index is 6.95. The van der Waals surface area contributed by atoms with Crippen LogP contribution in [-0.4, -0.2) is 0 Å². The summed E-state index contributed by atoms with van der Waals surface area (Å²) in [6, 6.07) is 62.5. The average Bonchev–Trinajstić information content (AvgIpc) is 3.90. The summed E-state index contributed by atoms with van der Waals surface area (Å²) < 4.78 is 15.6. The Morgan fingerprint density at radius 2 is 1.04 bits per heavy atom. The van der Waals surface area contributed by atoms with Crippen molar-refractivity contribution in [2.24, 2.45) is 0 Å². The van der Waals surface area contributed by atoms with Crippen LogP contribution in [0.15, 0.2) is 185 Å². The van der Waals surface area contributed by atoms with E-state index in [1.165, 1.54) is 20.2 Å². The summed E-state index contributed by atoms with van der Waals surface area (Å²) in [4.78, 5) is 2.34. The molecule has 52 heavy (non-hydrogen) atoms. The molecule has 11 aromatic rings. The molecule has 0 N–H and O–H groups in total. The van der Waals surface area contributed by atoms with Gasteiger partial charge in [-0.2, -0.15) is 0 Å². The highest BCUT2D eigenvalue weighted by Crippen LogP contribution is 2.46. The highest BCUT2D eigenvalue weighted by atomic mass is 32.1. The average molecular weight is 684 g/mol. The van der Waals surface area contributed by atoms with Crippen molar-refractivity contribution < 1.29 is 8.83 Å². The third kappa shape index (κ3) is 4.51. The Hall–Kier alpha value is -6.62. The first-order valence-corrected chi connectivity index (χ1v) is 18.3. The van der Waals surface area contributed by atoms with Gasteiger partial charge in [0, 0.05) is 58.7 Å². The standard InChI is InChI=1S/C48H29NO2S/c1-2-10-31(11-3-1)35-14-8-15-38-39-16-9-17-42(48(39)51-47(35)38)49(34-25-27-46-41(29-34)37-13-5-7-19-45(37)52-46)33-23-20-30(21-24-33)32-22-26-44-40(28-32)36-12-4-6-18-43(36)50-44/h1-29H. The number of para-hydroxylation sites is 3. The second-order valence-electron chi connectivity index (χ2n) is 13.3. The minimum absolute atomic E-state index is 0.859. The molecular formula is C48H29NO2S. The number of benzene rings is 8. The normalized spacial score (nSPS) is 11.8. The van der Waals surface area contributed by atoms with E-state index in [1.807, 2.05) is 23.5 Å². The molecule has 0 unspecified atom stereocenters. The molecule has 11 rings (SSSR count).